The van der Waals surface area contributed by atoms with Crippen LogP contribution in [-0.4, -0.2) is 32.4 Å². The Labute approximate surface area is 146 Å². The van der Waals surface area contributed by atoms with E-state index in [4.69, 9.17) is 5.73 Å². The summed E-state index contributed by atoms with van der Waals surface area (Å²) in [7, 11) is -3.47. The Kier molecular flexibility index (Phi) is 5.96. The molecule has 132 valence electrons. The molecule has 1 aliphatic rings. The largest absolute Gasteiger partial charge is 0.330 e. The van der Waals surface area contributed by atoms with E-state index in [9.17, 15) is 8.42 Å². The zero-order valence-corrected chi connectivity index (χ0v) is 16.6. The van der Waals surface area contributed by atoms with E-state index in [1.807, 2.05) is 27.7 Å². The summed E-state index contributed by atoms with van der Waals surface area (Å²) in [5.74, 6) is 0. The van der Waals surface area contributed by atoms with Crippen molar-refractivity contribution in [2.75, 3.05) is 19.6 Å². The minimum atomic E-state index is -3.47. The Morgan fingerprint density at radius 2 is 1.43 bits per heavy atom. The predicted molar refractivity (Wildman–Crippen MR) is 97.9 cm³/mol. The number of nitrogens with two attached hydrogens (primary N) is 1. The maximum Gasteiger partial charge on any atom is 0.243 e. The average molecular weight is 361 g/mol. The standard InChI is InChI=1S/C17H28N2O2S.ClH/c1-11-12(2)14(4)16(15(5)13(11)3)22(20,21)19-8-7-17(6,9-18)10-19;/h7-10,18H2,1-6H3;1H. The Morgan fingerprint density at radius 1 is 1.00 bits per heavy atom. The first-order valence-corrected chi connectivity index (χ1v) is 9.26. The summed E-state index contributed by atoms with van der Waals surface area (Å²) in [4.78, 5) is 0.495. The lowest BCUT2D eigenvalue weighted by Gasteiger charge is -2.25. The highest BCUT2D eigenvalue weighted by atomic mass is 35.5. The van der Waals surface area contributed by atoms with E-state index in [1.165, 1.54) is 5.56 Å². The molecule has 0 aromatic heterocycles. The summed E-state index contributed by atoms with van der Waals surface area (Å²) in [6.45, 7) is 13.5. The van der Waals surface area contributed by atoms with Gasteiger partial charge in [0.05, 0.1) is 4.90 Å². The van der Waals surface area contributed by atoms with E-state index >= 15 is 0 Å². The van der Waals surface area contributed by atoms with Crippen LogP contribution in [0.4, 0.5) is 0 Å². The Bertz CT molecular complexity index is 687. The molecule has 1 heterocycles. The molecule has 6 heteroatoms. The van der Waals surface area contributed by atoms with Gasteiger partial charge in [-0.1, -0.05) is 6.92 Å². The van der Waals surface area contributed by atoms with Crippen molar-refractivity contribution in [1.29, 1.82) is 0 Å². The Morgan fingerprint density at radius 3 is 1.83 bits per heavy atom. The fraction of sp³-hybridized carbons (Fsp3) is 0.647. The molecule has 1 atom stereocenters. The number of halogens is 1. The highest BCUT2D eigenvalue weighted by molar-refractivity contribution is 7.89. The molecular weight excluding hydrogens is 332 g/mol. The summed E-state index contributed by atoms with van der Waals surface area (Å²) in [6.07, 6.45) is 0.824. The van der Waals surface area contributed by atoms with Crippen LogP contribution in [0, 0.1) is 40.0 Å². The normalized spacial score (nSPS) is 22.2. The van der Waals surface area contributed by atoms with E-state index in [1.54, 1.807) is 4.31 Å². The molecule has 0 bridgehead atoms. The van der Waals surface area contributed by atoms with E-state index in [-0.39, 0.29) is 17.8 Å². The maximum absolute atomic E-state index is 13.2. The third kappa shape index (κ3) is 3.29. The van der Waals surface area contributed by atoms with Crippen molar-refractivity contribution in [3.8, 4) is 0 Å². The zero-order chi connectivity index (χ0) is 16.9. The van der Waals surface area contributed by atoms with Gasteiger partial charge in [0.25, 0.3) is 0 Å². The molecule has 2 N–H and O–H groups in total. The summed E-state index contributed by atoms with van der Waals surface area (Å²) in [5.41, 5.74) is 10.8. The van der Waals surface area contributed by atoms with Crippen LogP contribution in [0.3, 0.4) is 0 Å². The fourth-order valence-electron chi connectivity index (χ4n) is 3.33. The van der Waals surface area contributed by atoms with Crippen molar-refractivity contribution in [3.05, 3.63) is 27.8 Å². The summed E-state index contributed by atoms with van der Waals surface area (Å²) in [5, 5.41) is 0. The summed E-state index contributed by atoms with van der Waals surface area (Å²) in [6, 6.07) is 0. The number of hydrogen-bond donors (Lipinski definition) is 1. The highest BCUT2D eigenvalue weighted by Gasteiger charge is 2.40. The molecule has 0 saturated carbocycles. The molecular formula is C17H29ClN2O2S. The lowest BCUT2D eigenvalue weighted by molar-refractivity contribution is 0.349. The van der Waals surface area contributed by atoms with Crippen LogP contribution in [0.25, 0.3) is 0 Å². The van der Waals surface area contributed by atoms with Gasteiger partial charge in [0.1, 0.15) is 0 Å². The third-order valence-electron chi connectivity index (χ3n) is 5.54. The molecule has 1 saturated heterocycles. The van der Waals surface area contributed by atoms with E-state index in [0.29, 0.717) is 24.5 Å². The van der Waals surface area contributed by atoms with Crippen LogP contribution in [0.5, 0.6) is 0 Å². The van der Waals surface area contributed by atoms with Gasteiger partial charge in [-0.05, 0) is 80.8 Å². The van der Waals surface area contributed by atoms with Gasteiger partial charge in [-0.2, -0.15) is 4.31 Å². The minimum Gasteiger partial charge on any atom is -0.330 e. The topological polar surface area (TPSA) is 63.4 Å². The first-order valence-electron chi connectivity index (χ1n) is 7.82. The highest BCUT2D eigenvalue weighted by Crippen LogP contribution is 2.36. The summed E-state index contributed by atoms with van der Waals surface area (Å²) >= 11 is 0. The van der Waals surface area contributed by atoms with Gasteiger partial charge in [-0.15, -0.1) is 12.4 Å². The number of hydrogen-bond acceptors (Lipinski definition) is 3. The Hall–Kier alpha value is -0.620. The van der Waals surface area contributed by atoms with Gasteiger partial charge in [0.15, 0.2) is 0 Å². The molecule has 23 heavy (non-hydrogen) atoms. The molecule has 0 amide bonds. The SMILES string of the molecule is Cc1c(C)c(C)c(S(=O)(=O)N2CCC(C)(CN)C2)c(C)c1C.Cl. The van der Waals surface area contributed by atoms with E-state index < -0.39 is 10.0 Å². The second-order valence-electron chi connectivity index (χ2n) is 7.06. The number of benzene rings is 1. The molecule has 1 aromatic carbocycles. The van der Waals surface area contributed by atoms with Crippen molar-refractivity contribution in [1.82, 2.24) is 4.31 Å². The number of rotatable bonds is 3. The van der Waals surface area contributed by atoms with Crippen LogP contribution in [-0.2, 0) is 10.0 Å². The van der Waals surface area contributed by atoms with Gasteiger partial charge < -0.3 is 5.73 Å². The van der Waals surface area contributed by atoms with Crippen molar-refractivity contribution in [2.45, 2.75) is 52.9 Å². The number of nitrogens with zero attached hydrogens (tertiary/aromatic N) is 1. The van der Waals surface area contributed by atoms with Crippen LogP contribution in [0.15, 0.2) is 4.90 Å². The lowest BCUT2D eigenvalue weighted by Crippen LogP contribution is -2.35. The number of sulfonamides is 1. The van der Waals surface area contributed by atoms with Crippen molar-refractivity contribution in [2.24, 2.45) is 11.1 Å². The smallest absolute Gasteiger partial charge is 0.243 e. The average Bonchev–Trinajstić information content (AvgIpc) is 2.87. The van der Waals surface area contributed by atoms with Gasteiger partial charge in [0, 0.05) is 13.1 Å². The predicted octanol–water partition coefficient (Wildman–Crippen LogP) is 3.01. The van der Waals surface area contributed by atoms with Crippen molar-refractivity contribution >= 4 is 22.4 Å². The van der Waals surface area contributed by atoms with Gasteiger partial charge >= 0.3 is 0 Å². The molecule has 0 spiro atoms. The lowest BCUT2D eigenvalue weighted by atomic mass is 9.90. The molecule has 0 radical (unpaired) electrons. The molecule has 2 rings (SSSR count). The summed E-state index contributed by atoms with van der Waals surface area (Å²) < 4.78 is 28.0. The second kappa shape index (κ2) is 6.71. The van der Waals surface area contributed by atoms with Crippen molar-refractivity contribution in [3.63, 3.8) is 0 Å². The first kappa shape index (κ1) is 20.4. The molecule has 1 fully saturated rings. The zero-order valence-electron chi connectivity index (χ0n) is 15.0. The van der Waals surface area contributed by atoms with Crippen LogP contribution in [0.1, 0.15) is 41.2 Å². The monoisotopic (exact) mass is 360 g/mol. The molecule has 1 aliphatic heterocycles. The fourth-order valence-corrected chi connectivity index (χ4v) is 5.48. The van der Waals surface area contributed by atoms with Gasteiger partial charge in [-0.3, -0.25) is 0 Å². The minimum absolute atomic E-state index is 0. The van der Waals surface area contributed by atoms with E-state index in [0.717, 1.165) is 28.7 Å². The maximum atomic E-state index is 13.2. The molecule has 1 aromatic rings. The first-order chi connectivity index (χ1) is 10.0. The Balaban J connectivity index is 0.00000264. The van der Waals surface area contributed by atoms with Crippen molar-refractivity contribution < 1.29 is 8.42 Å². The van der Waals surface area contributed by atoms with Crippen LogP contribution in [0.2, 0.25) is 0 Å². The third-order valence-corrected chi connectivity index (χ3v) is 7.66. The molecule has 1 unspecified atom stereocenters. The molecule has 0 aliphatic carbocycles. The molecule has 4 nitrogen and oxygen atoms in total. The van der Waals surface area contributed by atoms with E-state index in [2.05, 4.69) is 13.8 Å². The second-order valence-corrected chi connectivity index (χ2v) is 8.93. The van der Waals surface area contributed by atoms with Crippen LogP contribution >= 0.6 is 12.4 Å². The van der Waals surface area contributed by atoms with Gasteiger partial charge in [0.2, 0.25) is 10.0 Å². The quantitative estimate of drug-likeness (QED) is 0.901. The van der Waals surface area contributed by atoms with Crippen LogP contribution < -0.4 is 5.73 Å². The van der Waals surface area contributed by atoms with Gasteiger partial charge in [-0.25, -0.2) is 8.42 Å².